The molecule has 0 aromatic carbocycles. The molecular weight excluding hydrogens is 155 g/mol. The molecule has 0 bridgehead atoms. The normalized spacial score (nSPS) is 30.5. The summed E-state index contributed by atoms with van der Waals surface area (Å²) in [5.41, 5.74) is 5.28. The van der Waals surface area contributed by atoms with Gasteiger partial charge >= 0.3 is 6.18 Å². The Morgan fingerprint density at radius 1 is 1.27 bits per heavy atom. The standard InChI is InChI=1S/C7H12F3N/c8-7(9,10)2-1-5-3-6(5)4-11/h5-6H,1-4,11H2. The van der Waals surface area contributed by atoms with E-state index >= 15 is 0 Å². The number of hydrogen-bond acceptors (Lipinski definition) is 1. The Kier molecular flexibility index (Phi) is 2.42. The highest BCUT2D eigenvalue weighted by atomic mass is 19.4. The largest absolute Gasteiger partial charge is 0.389 e. The summed E-state index contributed by atoms with van der Waals surface area (Å²) in [6.45, 7) is 0.544. The van der Waals surface area contributed by atoms with E-state index in [0.29, 0.717) is 12.5 Å². The number of hydrogen-bond donors (Lipinski definition) is 1. The van der Waals surface area contributed by atoms with Crippen molar-refractivity contribution >= 4 is 0 Å². The van der Waals surface area contributed by atoms with Crippen LogP contribution in [0.3, 0.4) is 0 Å². The fourth-order valence-electron chi connectivity index (χ4n) is 1.30. The number of halogens is 3. The van der Waals surface area contributed by atoms with Crippen LogP contribution in [0, 0.1) is 11.8 Å². The Hall–Kier alpha value is -0.250. The van der Waals surface area contributed by atoms with Gasteiger partial charge in [-0.2, -0.15) is 13.2 Å². The van der Waals surface area contributed by atoms with Crippen LogP contribution in [0.25, 0.3) is 0 Å². The summed E-state index contributed by atoms with van der Waals surface area (Å²) in [6, 6.07) is 0. The predicted octanol–water partition coefficient (Wildman–Crippen LogP) is 1.92. The maximum absolute atomic E-state index is 11.6. The predicted molar refractivity (Wildman–Crippen MR) is 35.9 cm³/mol. The molecule has 0 amide bonds. The van der Waals surface area contributed by atoms with Gasteiger partial charge in [0.1, 0.15) is 0 Å². The molecule has 0 heterocycles. The second kappa shape index (κ2) is 3.01. The molecule has 4 heteroatoms. The van der Waals surface area contributed by atoms with Crippen molar-refractivity contribution in [2.75, 3.05) is 6.54 Å². The summed E-state index contributed by atoms with van der Waals surface area (Å²) in [5.74, 6) is 0.624. The van der Waals surface area contributed by atoms with Crippen LogP contribution in [0.4, 0.5) is 13.2 Å². The number of rotatable bonds is 3. The van der Waals surface area contributed by atoms with Gasteiger partial charge in [0.25, 0.3) is 0 Å². The molecule has 1 aliphatic carbocycles. The summed E-state index contributed by atoms with van der Waals surface area (Å²) >= 11 is 0. The Balaban J connectivity index is 2.06. The van der Waals surface area contributed by atoms with Crippen molar-refractivity contribution in [1.82, 2.24) is 0 Å². The highest BCUT2D eigenvalue weighted by Gasteiger charge is 2.38. The molecule has 66 valence electrons. The zero-order valence-electron chi connectivity index (χ0n) is 6.19. The van der Waals surface area contributed by atoms with Crippen molar-refractivity contribution in [2.24, 2.45) is 17.6 Å². The highest BCUT2D eigenvalue weighted by molar-refractivity contribution is 4.86. The fraction of sp³-hybridized carbons (Fsp3) is 1.00. The molecule has 0 radical (unpaired) electrons. The van der Waals surface area contributed by atoms with Crippen molar-refractivity contribution in [3.05, 3.63) is 0 Å². The number of nitrogens with two attached hydrogens (primary N) is 1. The first-order valence-electron chi connectivity index (χ1n) is 3.80. The zero-order valence-corrected chi connectivity index (χ0v) is 6.19. The van der Waals surface area contributed by atoms with Crippen LogP contribution in [-0.4, -0.2) is 12.7 Å². The van der Waals surface area contributed by atoms with E-state index < -0.39 is 12.6 Å². The highest BCUT2D eigenvalue weighted by Crippen LogP contribution is 2.42. The van der Waals surface area contributed by atoms with E-state index in [9.17, 15) is 13.2 Å². The average Bonchev–Trinajstić information content (AvgIpc) is 2.60. The van der Waals surface area contributed by atoms with Crippen molar-refractivity contribution < 1.29 is 13.2 Å². The lowest BCUT2D eigenvalue weighted by Crippen LogP contribution is -2.08. The third kappa shape index (κ3) is 3.10. The van der Waals surface area contributed by atoms with E-state index in [1.807, 2.05) is 0 Å². The van der Waals surface area contributed by atoms with Gasteiger partial charge in [-0.25, -0.2) is 0 Å². The first-order chi connectivity index (χ1) is 5.03. The zero-order chi connectivity index (χ0) is 8.48. The lowest BCUT2D eigenvalue weighted by atomic mass is 10.2. The van der Waals surface area contributed by atoms with E-state index in [2.05, 4.69) is 0 Å². The Labute approximate surface area is 63.8 Å². The smallest absolute Gasteiger partial charge is 0.330 e. The molecule has 1 aliphatic rings. The maximum Gasteiger partial charge on any atom is 0.389 e. The van der Waals surface area contributed by atoms with E-state index in [-0.39, 0.29) is 12.3 Å². The fourth-order valence-corrected chi connectivity index (χ4v) is 1.30. The number of alkyl halides is 3. The SMILES string of the molecule is NCC1CC1CCC(F)(F)F. The van der Waals surface area contributed by atoms with Crippen LogP contribution in [0.1, 0.15) is 19.3 Å². The van der Waals surface area contributed by atoms with Gasteiger partial charge in [0.15, 0.2) is 0 Å². The van der Waals surface area contributed by atoms with Gasteiger partial charge in [-0.05, 0) is 31.2 Å². The minimum absolute atomic E-state index is 0.252. The quantitative estimate of drug-likeness (QED) is 0.682. The van der Waals surface area contributed by atoms with Crippen LogP contribution in [-0.2, 0) is 0 Å². The summed E-state index contributed by atoms with van der Waals surface area (Å²) in [5, 5.41) is 0. The summed E-state index contributed by atoms with van der Waals surface area (Å²) < 4.78 is 34.9. The van der Waals surface area contributed by atoms with Gasteiger partial charge < -0.3 is 5.73 Å². The van der Waals surface area contributed by atoms with Crippen molar-refractivity contribution in [1.29, 1.82) is 0 Å². The molecule has 2 N–H and O–H groups in total. The molecule has 1 fully saturated rings. The van der Waals surface area contributed by atoms with Gasteiger partial charge in [0, 0.05) is 6.42 Å². The van der Waals surface area contributed by atoms with E-state index in [0.717, 1.165) is 6.42 Å². The molecule has 0 aromatic heterocycles. The monoisotopic (exact) mass is 167 g/mol. The third-order valence-electron chi connectivity index (χ3n) is 2.17. The van der Waals surface area contributed by atoms with Crippen LogP contribution >= 0.6 is 0 Å². The summed E-state index contributed by atoms with van der Waals surface area (Å²) in [4.78, 5) is 0. The van der Waals surface area contributed by atoms with Crippen molar-refractivity contribution in [3.8, 4) is 0 Å². The summed E-state index contributed by atoms with van der Waals surface area (Å²) in [7, 11) is 0. The molecule has 1 rings (SSSR count). The Bertz CT molecular complexity index is 132. The van der Waals surface area contributed by atoms with E-state index in [1.165, 1.54) is 0 Å². The lowest BCUT2D eigenvalue weighted by molar-refractivity contribution is -0.136. The van der Waals surface area contributed by atoms with Gasteiger partial charge in [0.05, 0.1) is 0 Å². The topological polar surface area (TPSA) is 26.0 Å². The molecule has 0 spiro atoms. The first-order valence-corrected chi connectivity index (χ1v) is 3.80. The lowest BCUT2D eigenvalue weighted by Gasteiger charge is -2.04. The molecular formula is C7H12F3N. The van der Waals surface area contributed by atoms with Gasteiger partial charge in [-0.1, -0.05) is 0 Å². The second-order valence-electron chi connectivity index (χ2n) is 3.15. The molecule has 0 saturated heterocycles. The van der Waals surface area contributed by atoms with Crippen molar-refractivity contribution in [2.45, 2.75) is 25.4 Å². The minimum atomic E-state index is -3.98. The summed E-state index contributed by atoms with van der Waals surface area (Å²) in [6.07, 6.45) is -3.46. The van der Waals surface area contributed by atoms with E-state index in [4.69, 9.17) is 5.73 Å². The molecule has 11 heavy (non-hydrogen) atoms. The maximum atomic E-state index is 11.6. The van der Waals surface area contributed by atoms with E-state index in [1.54, 1.807) is 0 Å². The Morgan fingerprint density at radius 2 is 1.91 bits per heavy atom. The Morgan fingerprint density at radius 3 is 2.27 bits per heavy atom. The van der Waals surface area contributed by atoms with Crippen LogP contribution in [0.15, 0.2) is 0 Å². The average molecular weight is 167 g/mol. The van der Waals surface area contributed by atoms with Crippen LogP contribution in [0.5, 0.6) is 0 Å². The molecule has 0 aromatic rings. The van der Waals surface area contributed by atoms with Crippen molar-refractivity contribution in [3.63, 3.8) is 0 Å². The second-order valence-corrected chi connectivity index (χ2v) is 3.15. The molecule has 2 unspecified atom stereocenters. The van der Waals surface area contributed by atoms with Gasteiger partial charge in [-0.15, -0.1) is 0 Å². The first kappa shape index (κ1) is 8.84. The van der Waals surface area contributed by atoms with Crippen LogP contribution in [0.2, 0.25) is 0 Å². The van der Waals surface area contributed by atoms with Gasteiger partial charge in [0.2, 0.25) is 0 Å². The molecule has 2 atom stereocenters. The van der Waals surface area contributed by atoms with Gasteiger partial charge in [-0.3, -0.25) is 0 Å². The molecule has 0 aliphatic heterocycles. The minimum Gasteiger partial charge on any atom is -0.330 e. The third-order valence-corrected chi connectivity index (χ3v) is 2.17. The van der Waals surface area contributed by atoms with Crippen LogP contribution < -0.4 is 5.73 Å². The molecule has 1 saturated carbocycles. The molecule has 1 nitrogen and oxygen atoms in total.